The fourth-order valence-corrected chi connectivity index (χ4v) is 4.20. The maximum atomic E-state index is 13.6. The van der Waals surface area contributed by atoms with Gasteiger partial charge in [-0.2, -0.15) is 0 Å². The molecular formula is C22H28FN6O+. The number of hydrogen-bond acceptors (Lipinski definition) is 5. The Morgan fingerprint density at radius 1 is 1.03 bits per heavy atom. The molecule has 2 heterocycles. The van der Waals surface area contributed by atoms with E-state index in [1.807, 2.05) is 35.0 Å². The Morgan fingerprint density at radius 2 is 1.73 bits per heavy atom. The number of nitrogens with zero attached hydrogens (tertiary/aromatic N) is 5. The van der Waals surface area contributed by atoms with Gasteiger partial charge < -0.3 is 14.5 Å². The van der Waals surface area contributed by atoms with Crippen LogP contribution in [0.4, 0.5) is 10.1 Å². The van der Waals surface area contributed by atoms with Gasteiger partial charge in [-0.15, -0.1) is 5.10 Å². The molecule has 158 valence electrons. The fraction of sp³-hybridized carbons (Fsp3) is 0.409. The zero-order chi connectivity index (χ0) is 21.1. The van der Waals surface area contributed by atoms with Gasteiger partial charge in [0.25, 0.3) is 0 Å². The van der Waals surface area contributed by atoms with Crippen molar-refractivity contribution in [2.45, 2.75) is 25.9 Å². The topological polar surface area (TPSA) is 60.5 Å². The predicted octanol–water partition coefficient (Wildman–Crippen LogP) is 1.90. The third kappa shape index (κ3) is 4.00. The number of para-hydroxylation sites is 2. The number of nitrogens with one attached hydrogen (secondary N) is 1. The quantitative estimate of drug-likeness (QED) is 0.671. The van der Waals surface area contributed by atoms with E-state index in [0.717, 1.165) is 49.0 Å². The molecule has 30 heavy (non-hydrogen) atoms. The second kappa shape index (κ2) is 8.79. The molecule has 1 N–H and O–H groups in total. The van der Waals surface area contributed by atoms with E-state index in [2.05, 4.69) is 40.3 Å². The van der Waals surface area contributed by atoms with Gasteiger partial charge in [-0.05, 0) is 60.7 Å². The molecule has 7 nitrogen and oxygen atoms in total. The highest BCUT2D eigenvalue weighted by Gasteiger charge is 2.35. The van der Waals surface area contributed by atoms with E-state index in [1.54, 1.807) is 7.11 Å². The summed E-state index contributed by atoms with van der Waals surface area (Å²) in [5.74, 6) is 1.47. The molecule has 0 bridgehead atoms. The Morgan fingerprint density at radius 3 is 2.40 bits per heavy atom. The molecule has 8 heteroatoms. The zero-order valence-electron chi connectivity index (χ0n) is 17.6. The second-order valence-electron chi connectivity index (χ2n) is 7.88. The molecule has 1 fully saturated rings. The lowest BCUT2D eigenvalue weighted by Crippen LogP contribution is -3.15. The molecule has 1 aliphatic rings. The minimum Gasteiger partial charge on any atom is -0.495 e. The van der Waals surface area contributed by atoms with Crippen LogP contribution in [0.1, 0.15) is 37.3 Å². The van der Waals surface area contributed by atoms with Crippen LogP contribution < -0.4 is 14.5 Å². The second-order valence-corrected chi connectivity index (χ2v) is 7.88. The van der Waals surface area contributed by atoms with Gasteiger partial charge >= 0.3 is 0 Å². The summed E-state index contributed by atoms with van der Waals surface area (Å²) in [5.41, 5.74) is 2.14. The largest absolute Gasteiger partial charge is 0.495 e. The van der Waals surface area contributed by atoms with Crippen molar-refractivity contribution in [2.75, 3.05) is 38.2 Å². The number of hydrogen-bond donors (Lipinski definition) is 1. The highest BCUT2D eigenvalue weighted by Crippen LogP contribution is 2.28. The van der Waals surface area contributed by atoms with Crippen LogP contribution in [0.3, 0.4) is 0 Å². The van der Waals surface area contributed by atoms with Gasteiger partial charge in [0.05, 0.1) is 45.0 Å². The number of quaternary nitrogens is 1. The van der Waals surface area contributed by atoms with Crippen LogP contribution in [0.2, 0.25) is 0 Å². The molecule has 2 aromatic carbocycles. The summed E-state index contributed by atoms with van der Waals surface area (Å²) in [6.07, 6.45) is 0. The number of anilines is 1. The van der Waals surface area contributed by atoms with Crippen LogP contribution in [0.25, 0.3) is 0 Å². The van der Waals surface area contributed by atoms with Crippen molar-refractivity contribution in [3.05, 3.63) is 65.7 Å². The van der Waals surface area contributed by atoms with Gasteiger partial charge in [-0.3, -0.25) is 0 Å². The summed E-state index contributed by atoms with van der Waals surface area (Å²) in [4.78, 5) is 3.72. The van der Waals surface area contributed by atoms with Crippen LogP contribution >= 0.6 is 0 Å². The summed E-state index contributed by atoms with van der Waals surface area (Å²) in [5, 5.41) is 12.5. The average molecular weight is 412 g/mol. The van der Waals surface area contributed by atoms with Crippen molar-refractivity contribution in [3.8, 4) is 5.75 Å². The van der Waals surface area contributed by atoms with Crippen molar-refractivity contribution in [3.63, 3.8) is 0 Å². The van der Waals surface area contributed by atoms with Crippen molar-refractivity contribution in [2.24, 2.45) is 0 Å². The Balaban J connectivity index is 1.61. The first-order valence-corrected chi connectivity index (χ1v) is 10.3. The minimum absolute atomic E-state index is 0.0529. The van der Waals surface area contributed by atoms with E-state index in [-0.39, 0.29) is 17.9 Å². The maximum absolute atomic E-state index is 13.6. The first-order chi connectivity index (χ1) is 14.6. The average Bonchev–Trinajstić information content (AvgIpc) is 3.25. The number of benzene rings is 2. The predicted molar refractivity (Wildman–Crippen MR) is 112 cm³/mol. The molecule has 0 amide bonds. The van der Waals surface area contributed by atoms with Crippen LogP contribution in [-0.2, 0) is 0 Å². The van der Waals surface area contributed by atoms with Gasteiger partial charge in [-0.1, -0.05) is 12.1 Å². The van der Waals surface area contributed by atoms with Crippen molar-refractivity contribution in [1.82, 2.24) is 20.2 Å². The fourth-order valence-electron chi connectivity index (χ4n) is 4.20. The van der Waals surface area contributed by atoms with Gasteiger partial charge in [0.15, 0.2) is 6.04 Å². The van der Waals surface area contributed by atoms with Crippen LogP contribution in [0, 0.1) is 5.82 Å². The van der Waals surface area contributed by atoms with Gasteiger partial charge in [0, 0.05) is 5.56 Å². The molecule has 1 saturated heterocycles. The Kier molecular flexibility index (Phi) is 5.94. The molecular weight excluding hydrogens is 383 g/mol. The van der Waals surface area contributed by atoms with E-state index in [4.69, 9.17) is 4.74 Å². The van der Waals surface area contributed by atoms with Crippen LogP contribution in [0.5, 0.6) is 5.75 Å². The monoisotopic (exact) mass is 411 g/mol. The summed E-state index contributed by atoms with van der Waals surface area (Å²) in [6, 6.07) is 14.9. The van der Waals surface area contributed by atoms with Crippen molar-refractivity contribution < 1.29 is 14.0 Å². The number of halogens is 1. The summed E-state index contributed by atoms with van der Waals surface area (Å²) in [7, 11) is 1.70. The number of aromatic nitrogens is 4. The number of tetrazole rings is 1. The molecule has 0 aliphatic carbocycles. The zero-order valence-corrected chi connectivity index (χ0v) is 17.6. The molecule has 3 aromatic rings. The number of ether oxygens (including phenoxy) is 1. The van der Waals surface area contributed by atoms with E-state index >= 15 is 0 Å². The lowest BCUT2D eigenvalue weighted by Gasteiger charge is -2.37. The lowest BCUT2D eigenvalue weighted by atomic mass is 10.0. The smallest absolute Gasteiger partial charge is 0.214 e. The van der Waals surface area contributed by atoms with E-state index in [0.29, 0.717) is 0 Å². The van der Waals surface area contributed by atoms with Crippen LogP contribution in [-0.4, -0.2) is 53.5 Å². The highest BCUT2D eigenvalue weighted by atomic mass is 19.1. The number of methoxy groups -OCH3 is 1. The molecule has 0 saturated carbocycles. The third-order valence-electron chi connectivity index (χ3n) is 5.71. The highest BCUT2D eigenvalue weighted by molar-refractivity contribution is 5.58. The molecule has 1 aromatic heterocycles. The number of rotatable bonds is 6. The summed E-state index contributed by atoms with van der Waals surface area (Å²) < 4.78 is 21.0. The Labute approximate surface area is 176 Å². The molecule has 0 spiro atoms. The van der Waals surface area contributed by atoms with Gasteiger partial charge in [0.1, 0.15) is 11.6 Å². The molecule has 1 atom stereocenters. The van der Waals surface area contributed by atoms with Gasteiger partial charge in [0.2, 0.25) is 5.82 Å². The molecule has 4 rings (SSSR count). The number of piperazine rings is 1. The normalized spacial score (nSPS) is 16.1. The maximum Gasteiger partial charge on any atom is 0.214 e. The van der Waals surface area contributed by atoms with E-state index in [9.17, 15) is 4.39 Å². The van der Waals surface area contributed by atoms with E-state index < -0.39 is 0 Å². The molecule has 1 aliphatic heterocycles. The minimum atomic E-state index is -0.239. The van der Waals surface area contributed by atoms with E-state index in [1.165, 1.54) is 17.0 Å². The summed E-state index contributed by atoms with van der Waals surface area (Å²) in [6.45, 7) is 7.72. The van der Waals surface area contributed by atoms with Crippen molar-refractivity contribution >= 4 is 5.69 Å². The first kappa shape index (κ1) is 20.3. The standard InChI is InChI=1S/C22H27FN6O/c1-16(2)29-22(24-25-26-29)21(17-8-10-18(23)11-9-17)28-14-12-27(13-15-28)19-6-4-5-7-20(19)30-3/h4-11,16,21H,12-15H2,1-3H3/p+1/t21-/m0/s1. The SMILES string of the molecule is COc1ccccc1N1CC[NH+]([C@@H](c2ccc(F)cc2)c2nnnn2C(C)C)CC1. The van der Waals surface area contributed by atoms with Crippen molar-refractivity contribution in [1.29, 1.82) is 0 Å². The summed E-state index contributed by atoms with van der Waals surface area (Å²) >= 11 is 0. The molecule has 0 unspecified atom stereocenters. The van der Waals surface area contributed by atoms with Gasteiger partial charge in [-0.25, -0.2) is 9.07 Å². The van der Waals surface area contributed by atoms with Crippen LogP contribution in [0.15, 0.2) is 48.5 Å². The third-order valence-corrected chi connectivity index (χ3v) is 5.71. The molecule has 0 radical (unpaired) electrons. The lowest BCUT2D eigenvalue weighted by molar-refractivity contribution is -0.927. The first-order valence-electron chi connectivity index (χ1n) is 10.3. The Bertz CT molecular complexity index is 966. The Hall–Kier alpha value is -3.00.